The van der Waals surface area contributed by atoms with Crippen LogP contribution in [0.15, 0.2) is 11.6 Å². The summed E-state index contributed by atoms with van der Waals surface area (Å²) in [7, 11) is 0. The van der Waals surface area contributed by atoms with Gasteiger partial charge in [-0.1, -0.05) is 18.6 Å². The fourth-order valence-corrected chi connectivity index (χ4v) is 1.85. The van der Waals surface area contributed by atoms with Gasteiger partial charge in [-0.05, 0) is 32.1 Å². The second-order valence-electron chi connectivity index (χ2n) is 4.24. The molecular formula is C12H20O2. The molecule has 2 heteroatoms. The topological polar surface area (TPSA) is 18.5 Å². The fourth-order valence-electron chi connectivity index (χ4n) is 1.85. The van der Waals surface area contributed by atoms with Gasteiger partial charge in [0.05, 0.1) is 25.4 Å². The van der Waals surface area contributed by atoms with Crippen molar-refractivity contribution in [2.45, 2.75) is 51.2 Å². The fraction of sp³-hybridized carbons (Fsp3) is 0.833. The first-order valence-corrected chi connectivity index (χ1v) is 5.79. The third-order valence-electron chi connectivity index (χ3n) is 2.85. The van der Waals surface area contributed by atoms with E-state index in [9.17, 15) is 0 Å². The van der Waals surface area contributed by atoms with Crippen molar-refractivity contribution in [3.05, 3.63) is 11.6 Å². The molecule has 0 N–H and O–H groups in total. The van der Waals surface area contributed by atoms with Crippen LogP contribution in [-0.2, 0) is 9.47 Å². The molecule has 0 radical (unpaired) electrons. The van der Waals surface area contributed by atoms with Crippen LogP contribution >= 0.6 is 0 Å². The Hall–Kier alpha value is -0.340. The van der Waals surface area contributed by atoms with E-state index in [0.29, 0.717) is 12.2 Å². The largest absolute Gasteiger partial charge is 0.378 e. The first kappa shape index (κ1) is 10.2. The maximum absolute atomic E-state index is 5.90. The molecule has 2 nitrogen and oxygen atoms in total. The van der Waals surface area contributed by atoms with E-state index in [1.165, 1.54) is 12.8 Å². The molecule has 0 spiro atoms. The minimum Gasteiger partial charge on any atom is -0.378 e. The molecule has 1 fully saturated rings. The lowest BCUT2D eigenvalue weighted by molar-refractivity contribution is -0.0258. The molecule has 1 aliphatic heterocycles. The van der Waals surface area contributed by atoms with Crippen LogP contribution in [0.3, 0.4) is 0 Å². The summed E-state index contributed by atoms with van der Waals surface area (Å²) in [6.45, 7) is 3.87. The van der Waals surface area contributed by atoms with Gasteiger partial charge in [-0.3, -0.25) is 0 Å². The van der Waals surface area contributed by atoms with E-state index in [4.69, 9.17) is 9.47 Å². The third kappa shape index (κ3) is 3.10. The Morgan fingerprint density at radius 1 is 1.43 bits per heavy atom. The van der Waals surface area contributed by atoms with E-state index in [-0.39, 0.29) is 0 Å². The standard InChI is InChI=1S/C12H20O2/c1-2-10-4-3-7-13-9-12(8-10)14-11-5-6-11/h4,11-12H,2-3,5-9H2,1H3. The highest BCUT2D eigenvalue weighted by Gasteiger charge is 2.26. The molecule has 2 rings (SSSR count). The van der Waals surface area contributed by atoms with Gasteiger partial charge < -0.3 is 9.47 Å². The lowest BCUT2D eigenvalue weighted by Crippen LogP contribution is -2.23. The van der Waals surface area contributed by atoms with E-state index in [1.54, 1.807) is 5.57 Å². The Morgan fingerprint density at radius 3 is 3.00 bits per heavy atom. The van der Waals surface area contributed by atoms with Gasteiger partial charge >= 0.3 is 0 Å². The molecule has 1 aliphatic carbocycles. The van der Waals surface area contributed by atoms with Gasteiger partial charge in [0.25, 0.3) is 0 Å². The summed E-state index contributed by atoms with van der Waals surface area (Å²) in [5.41, 5.74) is 1.54. The Balaban J connectivity index is 1.86. The maximum atomic E-state index is 5.90. The Kier molecular flexibility index (Phi) is 3.60. The zero-order chi connectivity index (χ0) is 9.80. The zero-order valence-electron chi connectivity index (χ0n) is 9.00. The molecule has 0 aromatic carbocycles. The average molecular weight is 196 g/mol. The van der Waals surface area contributed by atoms with Crippen molar-refractivity contribution < 1.29 is 9.47 Å². The highest BCUT2D eigenvalue weighted by atomic mass is 16.5. The van der Waals surface area contributed by atoms with Crippen LogP contribution in [0.5, 0.6) is 0 Å². The SMILES string of the molecule is CCC1=CCCOCC(OC2CC2)C1. The number of hydrogen-bond acceptors (Lipinski definition) is 2. The number of ether oxygens (including phenoxy) is 2. The second kappa shape index (κ2) is 4.94. The highest BCUT2D eigenvalue weighted by Crippen LogP contribution is 2.27. The normalized spacial score (nSPS) is 29.2. The summed E-state index contributed by atoms with van der Waals surface area (Å²) in [5, 5.41) is 0. The molecule has 0 aromatic heterocycles. The lowest BCUT2D eigenvalue weighted by Gasteiger charge is -2.21. The van der Waals surface area contributed by atoms with Crippen LogP contribution < -0.4 is 0 Å². The lowest BCUT2D eigenvalue weighted by atomic mass is 10.0. The minimum absolute atomic E-state index is 0.314. The highest BCUT2D eigenvalue weighted by molar-refractivity contribution is 5.04. The van der Waals surface area contributed by atoms with Gasteiger partial charge in [-0.2, -0.15) is 0 Å². The van der Waals surface area contributed by atoms with Gasteiger partial charge in [0.1, 0.15) is 0 Å². The molecule has 0 bridgehead atoms. The molecule has 2 aliphatic rings. The Morgan fingerprint density at radius 2 is 2.29 bits per heavy atom. The van der Waals surface area contributed by atoms with Crippen LogP contribution in [0, 0.1) is 0 Å². The van der Waals surface area contributed by atoms with Crippen molar-refractivity contribution in [1.82, 2.24) is 0 Å². The molecule has 1 heterocycles. The monoisotopic (exact) mass is 196 g/mol. The smallest absolute Gasteiger partial charge is 0.0849 e. The van der Waals surface area contributed by atoms with Crippen molar-refractivity contribution in [2.24, 2.45) is 0 Å². The maximum Gasteiger partial charge on any atom is 0.0849 e. The van der Waals surface area contributed by atoms with Gasteiger partial charge in [0.15, 0.2) is 0 Å². The summed E-state index contributed by atoms with van der Waals surface area (Å²) in [6.07, 6.45) is 8.98. The van der Waals surface area contributed by atoms with Crippen molar-refractivity contribution in [3.63, 3.8) is 0 Å². The number of rotatable bonds is 3. The minimum atomic E-state index is 0.314. The van der Waals surface area contributed by atoms with E-state index in [2.05, 4.69) is 13.0 Å². The summed E-state index contributed by atoms with van der Waals surface area (Å²) >= 11 is 0. The van der Waals surface area contributed by atoms with Crippen molar-refractivity contribution >= 4 is 0 Å². The predicted octanol–water partition coefficient (Wildman–Crippen LogP) is 2.68. The second-order valence-corrected chi connectivity index (χ2v) is 4.24. The summed E-state index contributed by atoms with van der Waals surface area (Å²) < 4.78 is 11.4. The van der Waals surface area contributed by atoms with E-state index >= 15 is 0 Å². The molecular weight excluding hydrogens is 176 g/mol. The van der Waals surface area contributed by atoms with E-state index < -0.39 is 0 Å². The number of hydrogen-bond donors (Lipinski definition) is 0. The molecule has 0 saturated heterocycles. The van der Waals surface area contributed by atoms with Crippen LogP contribution in [0.1, 0.15) is 39.0 Å². The quantitative estimate of drug-likeness (QED) is 0.646. The molecule has 1 atom stereocenters. The molecule has 80 valence electrons. The van der Waals surface area contributed by atoms with Crippen molar-refractivity contribution in [1.29, 1.82) is 0 Å². The molecule has 1 unspecified atom stereocenters. The molecule has 14 heavy (non-hydrogen) atoms. The van der Waals surface area contributed by atoms with Crippen molar-refractivity contribution in [3.8, 4) is 0 Å². The van der Waals surface area contributed by atoms with Gasteiger partial charge in [0.2, 0.25) is 0 Å². The Bertz CT molecular complexity index is 206. The third-order valence-corrected chi connectivity index (χ3v) is 2.85. The van der Waals surface area contributed by atoms with Crippen LogP contribution in [0.2, 0.25) is 0 Å². The summed E-state index contributed by atoms with van der Waals surface area (Å²) in [5.74, 6) is 0. The summed E-state index contributed by atoms with van der Waals surface area (Å²) in [6, 6.07) is 0. The molecule has 0 aromatic rings. The average Bonchev–Trinajstić information content (AvgIpc) is 2.93. The Labute approximate surface area is 86.3 Å². The molecule has 1 saturated carbocycles. The van der Waals surface area contributed by atoms with Gasteiger partial charge in [-0.15, -0.1) is 0 Å². The van der Waals surface area contributed by atoms with Crippen LogP contribution in [0.4, 0.5) is 0 Å². The van der Waals surface area contributed by atoms with E-state index in [0.717, 1.165) is 32.5 Å². The van der Waals surface area contributed by atoms with Crippen LogP contribution in [0.25, 0.3) is 0 Å². The van der Waals surface area contributed by atoms with Gasteiger partial charge in [0, 0.05) is 0 Å². The van der Waals surface area contributed by atoms with E-state index in [1.807, 2.05) is 0 Å². The molecule has 0 amide bonds. The van der Waals surface area contributed by atoms with Crippen LogP contribution in [-0.4, -0.2) is 25.4 Å². The van der Waals surface area contributed by atoms with Crippen molar-refractivity contribution in [2.75, 3.05) is 13.2 Å². The zero-order valence-corrected chi connectivity index (χ0v) is 9.00. The summed E-state index contributed by atoms with van der Waals surface area (Å²) in [4.78, 5) is 0. The first-order chi connectivity index (χ1) is 6.88. The predicted molar refractivity (Wildman–Crippen MR) is 56.3 cm³/mol. The first-order valence-electron chi connectivity index (χ1n) is 5.79. The van der Waals surface area contributed by atoms with Gasteiger partial charge in [-0.25, -0.2) is 0 Å².